The molecule has 2 nitrogen and oxygen atoms in total. The van der Waals surface area contributed by atoms with Crippen molar-refractivity contribution in [3.05, 3.63) is 34.9 Å². The minimum absolute atomic E-state index is 0.214. The van der Waals surface area contributed by atoms with E-state index in [1.165, 1.54) is 24.8 Å². The lowest BCUT2D eigenvalue weighted by Gasteiger charge is -2.26. The minimum Gasteiger partial charge on any atom is -0.318 e. The lowest BCUT2D eigenvalue weighted by Crippen LogP contribution is -2.36. The Labute approximate surface area is 111 Å². The molecule has 1 aliphatic carbocycles. The van der Waals surface area contributed by atoms with Gasteiger partial charge in [-0.05, 0) is 43.0 Å². The van der Waals surface area contributed by atoms with Gasteiger partial charge in [0.1, 0.15) is 0 Å². The van der Waals surface area contributed by atoms with Crippen molar-refractivity contribution in [1.29, 1.82) is 0 Å². The zero-order valence-corrected chi connectivity index (χ0v) is 12.0. The van der Waals surface area contributed by atoms with Crippen molar-refractivity contribution in [2.45, 2.75) is 38.5 Å². The maximum absolute atomic E-state index is 3.53. The maximum Gasteiger partial charge on any atom is 0.00769 e. The molecular formula is C16H26N2. The average molecular weight is 246 g/mol. The highest BCUT2D eigenvalue weighted by molar-refractivity contribution is 5.38. The summed E-state index contributed by atoms with van der Waals surface area (Å²) in [7, 11) is 1.99. The second kappa shape index (κ2) is 5.85. The van der Waals surface area contributed by atoms with Crippen molar-refractivity contribution in [3.8, 4) is 0 Å². The molecule has 1 aliphatic rings. The van der Waals surface area contributed by atoms with Crippen LogP contribution in [0.25, 0.3) is 0 Å². The monoisotopic (exact) mass is 246 g/mol. The van der Waals surface area contributed by atoms with Gasteiger partial charge in [-0.3, -0.25) is 0 Å². The summed E-state index contributed by atoms with van der Waals surface area (Å²) in [5.41, 5.74) is 4.83. The number of fused-ring (bicyclic) bond motifs is 1. The van der Waals surface area contributed by atoms with Crippen molar-refractivity contribution in [1.82, 2.24) is 10.6 Å². The first kappa shape index (κ1) is 13.6. The predicted octanol–water partition coefficient (Wildman–Crippen LogP) is 2.26. The lowest BCUT2D eigenvalue weighted by molar-refractivity contribution is 0.468. The predicted molar refractivity (Wildman–Crippen MR) is 78.3 cm³/mol. The summed E-state index contributed by atoms with van der Waals surface area (Å²) < 4.78 is 0. The third kappa shape index (κ3) is 3.12. The van der Waals surface area contributed by atoms with Crippen LogP contribution in [-0.4, -0.2) is 26.7 Å². The summed E-state index contributed by atoms with van der Waals surface area (Å²) in [5.74, 6) is 0. The van der Waals surface area contributed by atoms with Gasteiger partial charge >= 0.3 is 0 Å². The Balaban J connectivity index is 2.00. The van der Waals surface area contributed by atoms with Crippen molar-refractivity contribution in [3.63, 3.8) is 0 Å². The Morgan fingerprint density at radius 2 is 1.89 bits per heavy atom. The van der Waals surface area contributed by atoms with Crippen LogP contribution in [0.3, 0.4) is 0 Å². The average Bonchev–Trinajstić information content (AvgIpc) is 2.82. The number of hydrogen-bond donors (Lipinski definition) is 2. The second-order valence-electron chi connectivity index (χ2n) is 6.00. The molecule has 0 aromatic heterocycles. The van der Waals surface area contributed by atoms with E-state index in [1.807, 2.05) is 7.05 Å². The number of nitrogens with one attached hydrogen (secondary N) is 2. The van der Waals surface area contributed by atoms with E-state index >= 15 is 0 Å². The minimum atomic E-state index is 0.214. The fourth-order valence-corrected chi connectivity index (χ4v) is 2.71. The molecule has 18 heavy (non-hydrogen) atoms. The van der Waals surface area contributed by atoms with Crippen LogP contribution in [0.4, 0.5) is 0 Å². The molecule has 0 spiro atoms. The lowest BCUT2D eigenvalue weighted by atomic mass is 9.83. The fraction of sp³-hybridized carbons (Fsp3) is 0.625. The van der Waals surface area contributed by atoms with Crippen LogP contribution >= 0.6 is 0 Å². The molecule has 0 radical (unpaired) electrons. The zero-order valence-electron chi connectivity index (χ0n) is 12.0. The highest BCUT2D eigenvalue weighted by atomic mass is 14.9. The summed E-state index contributed by atoms with van der Waals surface area (Å²) in [6, 6.07) is 7.10. The Morgan fingerprint density at radius 1 is 1.11 bits per heavy atom. The normalized spacial score (nSPS) is 14.8. The Kier molecular flexibility index (Phi) is 4.41. The molecule has 2 N–H and O–H groups in total. The third-order valence-corrected chi connectivity index (χ3v) is 4.00. The van der Waals surface area contributed by atoms with E-state index in [1.54, 1.807) is 11.1 Å². The standard InChI is InChI=1S/C16H26N2/c1-16(2,12-18-10-9-17-3)15-8-7-13-5-4-6-14(13)11-15/h7-8,11,17-18H,4-6,9-10,12H2,1-3H3. The smallest absolute Gasteiger partial charge is 0.00769 e. The van der Waals surface area contributed by atoms with Crippen LogP contribution in [0, 0.1) is 0 Å². The van der Waals surface area contributed by atoms with Gasteiger partial charge in [-0.1, -0.05) is 32.0 Å². The van der Waals surface area contributed by atoms with E-state index in [-0.39, 0.29) is 5.41 Å². The van der Waals surface area contributed by atoms with Gasteiger partial charge in [0, 0.05) is 25.0 Å². The van der Waals surface area contributed by atoms with E-state index in [2.05, 4.69) is 42.7 Å². The molecule has 0 heterocycles. The molecule has 0 unspecified atom stereocenters. The van der Waals surface area contributed by atoms with Gasteiger partial charge in [-0.25, -0.2) is 0 Å². The summed E-state index contributed by atoms with van der Waals surface area (Å²) in [5, 5.41) is 6.70. The van der Waals surface area contributed by atoms with Crippen molar-refractivity contribution < 1.29 is 0 Å². The van der Waals surface area contributed by atoms with Crippen LogP contribution in [-0.2, 0) is 18.3 Å². The molecule has 0 saturated carbocycles. The highest BCUT2D eigenvalue weighted by Gasteiger charge is 2.22. The SMILES string of the molecule is CNCCNCC(C)(C)c1ccc2c(c1)CCC2. The zero-order chi connectivity index (χ0) is 13.0. The Hall–Kier alpha value is -0.860. The van der Waals surface area contributed by atoms with Crippen LogP contribution in [0.2, 0.25) is 0 Å². The van der Waals surface area contributed by atoms with Crippen molar-refractivity contribution in [2.24, 2.45) is 0 Å². The van der Waals surface area contributed by atoms with Crippen molar-refractivity contribution >= 4 is 0 Å². The van der Waals surface area contributed by atoms with E-state index in [9.17, 15) is 0 Å². The van der Waals surface area contributed by atoms with Crippen LogP contribution in [0.15, 0.2) is 18.2 Å². The van der Waals surface area contributed by atoms with Crippen LogP contribution in [0.1, 0.15) is 37.0 Å². The van der Waals surface area contributed by atoms with Gasteiger partial charge < -0.3 is 10.6 Å². The second-order valence-corrected chi connectivity index (χ2v) is 6.00. The molecular weight excluding hydrogens is 220 g/mol. The van der Waals surface area contributed by atoms with Gasteiger partial charge in [0.15, 0.2) is 0 Å². The molecule has 0 atom stereocenters. The topological polar surface area (TPSA) is 24.1 Å². The van der Waals surface area contributed by atoms with E-state index in [4.69, 9.17) is 0 Å². The first-order valence-corrected chi connectivity index (χ1v) is 7.11. The van der Waals surface area contributed by atoms with Gasteiger partial charge in [0.25, 0.3) is 0 Å². The molecule has 2 heteroatoms. The Bertz CT molecular complexity index is 396. The fourth-order valence-electron chi connectivity index (χ4n) is 2.71. The molecule has 1 aromatic rings. The third-order valence-electron chi connectivity index (χ3n) is 4.00. The van der Waals surface area contributed by atoms with Crippen molar-refractivity contribution in [2.75, 3.05) is 26.7 Å². The van der Waals surface area contributed by atoms with E-state index in [0.29, 0.717) is 0 Å². The number of likely N-dealkylation sites (N-methyl/N-ethyl adjacent to an activating group) is 1. The van der Waals surface area contributed by atoms with Gasteiger partial charge in [0.05, 0.1) is 0 Å². The number of aryl methyl sites for hydroxylation is 2. The maximum atomic E-state index is 3.53. The van der Waals surface area contributed by atoms with Gasteiger partial charge in [0.2, 0.25) is 0 Å². The van der Waals surface area contributed by atoms with Crippen LogP contribution < -0.4 is 10.6 Å². The molecule has 1 aromatic carbocycles. The van der Waals surface area contributed by atoms with Gasteiger partial charge in [-0.15, -0.1) is 0 Å². The molecule has 2 rings (SSSR count). The molecule has 0 bridgehead atoms. The molecule has 100 valence electrons. The molecule has 0 amide bonds. The molecule has 0 fully saturated rings. The molecule has 0 aliphatic heterocycles. The first-order chi connectivity index (χ1) is 8.63. The number of rotatable bonds is 6. The number of hydrogen-bond acceptors (Lipinski definition) is 2. The quantitative estimate of drug-likeness (QED) is 0.752. The largest absolute Gasteiger partial charge is 0.318 e. The first-order valence-electron chi connectivity index (χ1n) is 7.11. The van der Waals surface area contributed by atoms with E-state index in [0.717, 1.165) is 19.6 Å². The Morgan fingerprint density at radius 3 is 2.67 bits per heavy atom. The highest BCUT2D eigenvalue weighted by Crippen LogP contribution is 2.29. The summed E-state index contributed by atoms with van der Waals surface area (Å²) in [6.45, 7) is 7.75. The van der Waals surface area contributed by atoms with E-state index < -0.39 is 0 Å². The van der Waals surface area contributed by atoms with Gasteiger partial charge in [-0.2, -0.15) is 0 Å². The summed E-state index contributed by atoms with van der Waals surface area (Å²) >= 11 is 0. The number of benzene rings is 1. The summed E-state index contributed by atoms with van der Waals surface area (Å²) in [6.07, 6.45) is 3.88. The van der Waals surface area contributed by atoms with Crippen LogP contribution in [0.5, 0.6) is 0 Å². The summed E-state index contributed by atoms with van der Waals surface area (Å²) in [4.78, 5) is 0. The molecule has 0 saturated heterocycles.